The first-order valence-corrected chi connectivity index (χ1v) is 6.32. The van der Waals surface area contributed by atoms with Gasteiger partial charge in [0.25, 0.3) is 5.91 Å². The van der Waals surface area contributed by atoms with Crippen molar-refractivity contribution in [3.63, 3.8) is 0 Å². The summed E-state index contributed by atoms with van der Waals surface area (Å²) in [5, 5.41) is 11.9. The smallest absolute Gasteiger partial charge is 0.258 e. The van der Waals surface area contributed by atoms with Crippen LogP contribution in [0, 0.1) is 5.82 Å². The number of anilines is 1. The van der Waals surface area contributed by atoms with Crippen molar-refractivity contribution >= 4 is 11.6 Å². The van der Waals surface area contributed by atoms with Crippen molar-refractivity contribution in [3.8, 4) is 11.5 Å². The van der Waals surface area contributed by atoms with Gasteiger partial charge in [0.1, 0.15) is 29.5 Å². The topological polar surface area (TPSA) is 84.6 Å². The number of rotatable bonds is 5. The maximum Gasteiger partial charge on any atom is 0.258 e. The van der Waals surface area contributed by atoms with E-state index in [1.807, 2.05) is 0 Å². The van der Waals surface area contributed by atoms with Gasteiger partial charge in [-0.05, 0) is 24.3 Å². The van der Waals surface area contributed by atoms with Gasteiger partial charge in [-0.1, -0.05) is 18.2 Å². The van der Waals surface area contributed by atoms with Crippen molar-refractivity contribution in [3.05, 3.63) is 53.8 Å². The minimum atomic E-state index is -0.777. The summed E-state index contributed by atoms with van der Waals surface area (Å²) in [6.45, 7) is 0.329. The summed E-state index contributed by atoms with van der Waals surface area (Å²) < 4.78 is 18.8. The lowest BCUT2D eigenvalue weighted by atomic mass is 10.2. The number of phenols is 1. The van der Waals surface area contributed by atoms with Gasteiger partial charge in [-0.2, -0.15) is 0 Å². The van der Waals surface area contributed by atoms with E-state index in [0.29, 0.717) is 11.4 Å². The molecule has 4 N–H and O–H groups in total. The zero-order valence-corrected chi connectivity index (χ0v) is 11.2. The molecule has 5 nitrogen and oxygen atoms in total. The van der Waals surface area contributed by atoms with Crippen LogP contribution in [0.3, 0.4) is 0 Å². The van der Waals surface area contributed by atoms with Crippen LogP contribution in [0.25, 0.3) is 0 Å². The maximum atomic E-state index is 13.5. The molecule has 0 aliphatic rings. The molecular formula is C15H15FN2O3. The van der Waals surface area contributed by atoms with Gasteiger partial charge in [-0.15, -0.1) is 0 Å². The number of benzene rings is 2. The summed E-state index contributed by atoms with van der Waals surface area (Å²) in [6.07, 6.45) is 0. The van der Waals surface area contributed by atoms with Crippen molar-refractivity contribution in [2.45, 2.75) is 0 Å². The summed E-state index contributed by atoms with van der Waals surface area (Å²) in [5.41, 5.74) is 5.82. The Morgan fingerprint density at radius 3 is 2.71 bits per heavy atom. The van der Waals surface area contributed by atoms with E-state index in [1.54, 1.807) is 24.3 Å². The Morgan fingerprint density at radius 2 is 2.00 bits per heavy atom. The second kappa shape index (κ2) is 6.60. The molecular weight excluding hydrogens is 275 g/mol. The largest absolute Gasteiger partial charge is 0.507 e. The van der Waals surface area contributed by atoms with E-state index >= 15 is 0 Å². The van der Waals surface area contributed by atoms with Crippen molar-refractivity contribution in [2.24, 2.45) is 0 Å². The van der Waals surface area contributed by atoms with E-state index in [2.05, 4.69) is 5.32 Å². The molecule has 0 radical (unpaired) electrons. The van der Waals surface area contributed by atoms with Gasteiger partial charge in [0.15, 0.2) is 0 Å². The fourth-order valence-electron chi connectivity index (χ4n) is 1.76. The SMILES string of the molecule is Nc1ccccc1OCCNC(=O)c1c(O)cccc1F. The second-order valence-electron chi connectivity index (χ2n) is 4.28. The van der Waals surface area contributed by atoms with Crippen molar-refractivity contribution in [1.29, 1.82) is 0 Å². The number of para-hydroxylation sites is 2. The molecule has 1 amide bonds. The molecule has 0 unspecified atom stereocenters. The molecule has 110 valence electrons. The molecule has 0 spiro atoms. The summed E-state index contributed by atoms with van der Waals surface area (Å²) in [6, 6.07) is 10.6. The van der Waals surface area contributed by atoms with E-state index in [1.165, 1.54) is 12.1 Å². The van der Waals surface area contributed by atoms with Gasteiger partial charge < -0.3 is 20.9 Å². The van der Waals surface area contributed by atoms with E-state index in [9.17, 15) is 14.3 Å². The number of phenolic OH excluding ortho intramolecular Hbond substituents is 1. The highest BCUT2D eigenvalue weighted by molar-refractivity contribution is 5.97. The minimum Gasteiger partial charge on any atom is -0.507 e. The van der Waals surface area contributed by atoms with Crippen LogP contribution in [-0.2, 0) is 0 Å². The van der Waals surface area contributed by atoms with E-state index in [4.69, 9.17) is 10.5 Å². The normalized spacial score (nSPS) is 10.1. The number of nitrogens with two attached hydrogens (primary N) is 1. The van der Waals surface area contributed by atoms with Crippen molar-refractivity contribution in [2.75, 3.05) is 18.9 Å². The molecule has 0 bridgehead atoms. The Hall–Kier alpha value is -2.76. The number of amides is 1. The third-order valence-electron chi connectivity index (χ3n) is 2.78. The Kier molecular flexibility index (Phi) is 4.61. The fraction of sp³-hybridized carbons (Fsp3) is 0.133. The summed E-state index contributed by atoms with van der Waals surface area (Å²) >= 11 is 0. The zero-order chi connectivity index (χ0) is 15.2. The van der Waals surface area contributed by atoms with Gasteiger partial charge in [0, 0.05) is 0 Å². The van der Waals surface area contributed by atoms with E-state index < -0.39 is 17.5 Å². The van der Waals surface area contributed by atoms with Crippen LogP contribution in [0.5, 0.6) is 11.5 Å². The Morgan fingerprint density at radius 1 is 1.24 bits per heavy atom. The summed E-state index contributed by atoms with van der Waals surface area (Å²) in [7, 11) is 0. The lowest BCUT2D eigenvalue weighted by Crippen LogP contribution is -2.29. The number of carbonyl (C=O) groups is 1. The molecule has 2 aromatic carbocycles. The zero-order valence-electron chi connectivity index (χ0n) is 11.2. The Labute approximate surface area is 121 Å². The van der Waals surface area contributed by atoms with Crippen LogP contribution >= 0.6 is 0 Å². The van der Waals surface area contributed by atoms with Crippen molar-refractivity contribution in [1.82, 2.24) is 5.32 Å². The summed E-state index contributed by atoms with van der Waals surface area (Å²) in [5.74, 6) is -1.36. The lowest BCUT2D eigenvalue weighted by molar-refractivity contribution is 0.0940. The van der Waals surface area contributed by atoms with Crippen LogP contribution in [0.15, 0.2) is 42.5 Å². The Bertz CT molecular complexity index is 626. The quantitative estimate of drug-likeness (QED) is 0.580. The average molecular weight is 290 g/mol. The molecule has 0 atom stereocenters. The lowest BCUT2D eigenvalue weighted by Gasteiger charge is -2.10. The molecule has 6 heteroatoms. The third kappa shape index (κ3) is 3.62. The van der Waals surface area contributed by atoms with Crippen LogP contribution in [0.4, 0.5) is 10.1 Å². The molecule has 0 aromatic heterocycles. The molecule has 0 aliphatic heterocycles. The first-order valence-electron chi connectivity index (χ1n) is 6.32. The minimum absolute atomic E-state index is 0.154. The fourth-order valence-corrected chi connectivity index (χ4v) is 1.76. The number of nitrogen functional groups attached to an aromatic ring is 1. The number of hydrogen-bond acceptors (Lipinski definition) is 4. The van der Waals surface area contributed by atoms with Gasteiger partial charge in [0.05, 0.1) is 12.2 Å². The standard InChI is InChI=1S/C15H15FN2O3/c16-10-4-3-6-12(19)14(10)15(20)18-8-9-21-13-7-2-1-5-11(13)17/h1-7,19H,8-9,17H2,(H,18,20). The van der Waals surface area contributed by atoms with Crippen LogP contribution in [-0.4, -0.2) is 24.2 Å². The molecule has 0 fully saturated rings. The molecule has 0 heterocycles. The first-order chi connectivity index (χ1) is 10.1. The van der Waals surface area contributed by atoms with Gasteiger partial charge >= 0.3 is 0 Å². The second-order valence-corrected chi connectivity index (χ2v) is 4.28. The van der Waals surface area contributed by atoms with Gasteiger partial charge in [-0.25, -0.2) is 4.39 Å². The molecule has 2 aromatic rings. The molecule has 0 saturated carbocycles. The maximum absolute atomic E-state index is 13.5. The third-order valence-corrected chi connectivity index (χ3v) is 2.78. The highest BCUT2D eigenvalue weighted by atomic mass is 19.1. The molecule has 2 rings (SSSR count). The van der Waals surface area contributed by atoms with Crippen LogP contribution in [0.1, 0.15) is 10.4 Å². The predicted molar refractivity (Wildman–Crippen MR) is 76.7 cm³/mol. The van der Waals surface area contributed by atoms with Crippen LogP contribution in [0.2, 0.25) is 0 Å². The molecule has 0 saturated heterocycles. The number of hydrogen-bond donors (Lipinski definition) is 3. The van der Waals surface area contributed by atoms with Gasteiger partial charge in [-0.3, -0.25) is 4.79 Å². The highest BCUT2D eigenvalue weighted by Gasteiger charge is 2.15. The number of halogens is 1. The number of carbonyl (C=O) groups excluding carboxylic acids is 1. The predicted octanol–water partition coefficient (Wildman–Crippen LogP) is 1.92. The molecule has 21 heavy (non-hydrogen) atoms. The van der Waals surface area contributed by atoms with Gasteiger partial charge in [0.2, 0.25) is 0 Å². The number of nitrogens with one attached hydrogen (secondary N) is 1. The molecule has 0 aliphatic carbocycles. The first kappa shape index (κ1) is 14.6. The number of ether oxygens (including phenoxy) is 1. The highest BCUT2D eigenvalue weighted by Crippen LogP contribution is 2.20. The van der Waals surface area contributed by atoms with E-state index in [0.717, 1.165) is 6.07 Å². The Balaban J connectivity index is 1.87. The average Bonchev–Trinajstić information content (AvgIpc) is 2.45. The van der Waals surface area contributed by atoms with Crippen molar-refractivity contribution < 1.29 is 19.0 Å². The number of aromatic hydroxyl groups is 1. The van der Waals surface area contributed by atoms with Crippen LogP contribution < -0.4 is 15.8 Å². The van der Waals surface area contributed by atoms with E-state index in [-0.39, 0.29) is 18.7 Å². The monoisotopic (exact) mass is 290 g/mol. The summed E-state index contributed by atoms with van der Waals surface area (Å²) in [4.78, 5) is 11.8.